The van der Waals surface area contributed by atoms with Crippen molar-refractivity contribution in [3.8, 4) is 5.75 Å². The second-order valence-corrected chi connectivity index (χ2v) is 6.89. The molecule has 0 spiro atoms. The van der Waals surface area contributed by atoms with Gasteiger partial charge in [0.05, 0.1) is 7.11 Å². The van der Waals surface area contributed by atoms with E-state index in [1.807, 2.05) is 12.1 Å². The minimum atomic E-state index is -0.230. The Bertz CT molecular complexity index is 439. The zero-order valence-electron chi connectivity index (χ0n) is 14.3. The first kappa shape index (κ1) is 18.0. The van der Waals surface area contributed by atoms with E-state index in [0.717, 1.165) is 18.5 Å². The highest BCUT2D eigenvalue weighted by Crippen LogP contribution is 2.30. The Morgan fingerprint density at radius 2 is 1.95 bits per heavy atom. The number of nitrogens with one attached hydrogen (secondary N) is 1. The molecular formula is C18H30FNO. The molecule has 21 heavy (non-hydrogen) atoms. The van der Waals surface area contributed by atoms with E-state index in [1.165, 1.54) is 7.11 Å². The predicted molar refractivity (Wildman–Crippen MR) is 87.4 cm³/mol. The van der Waals surface area contributed by atoms with Crippen molar-refractivity contribution < 1.29 is 9.13 Å². The van der Waals surface area contributed by atoms with Crippen LogP contribution in [0.25, 0.3) is 0 Å². The first-order chi connectivity index (χ1) is 9.79. The highest BCUT2D eigenvalue weighted by molar-refractivity contribution is 5.31. The second kappa shape index (κ2) is 7.79. The molecule has 1 rings (SSSR count). The summed E-state index contributed by atoms with van der Waals surface area (Å²) in [7, 11) is 1.51. The fourth-order valence-corrected chi connectivity index (χ4v) is 2.44. The highest BCUT2D eigenvalue weighted by atomic mass is 19.1. The highest BCUT2D eigenvalue weighted by Gasteiger charge is 2.24. The van der Waals surface area contributed by atoms with E-state index in [9.17, 15) is 4.39 Å². The molecule has 2 unspecified atom stereocenters. The van der Waals surface area contributed by atoms with Crippen LogP contribution >= 0.6 is 0 Å². The van der Waals surface area contributed by atoms with Crippen molar-refractivity contribution in [2.45, 2.75) is 53.5 Å². The van der Waals surface area contributed by atoms with Gasteiger partial charge in [0, 0.05) is 6.04 Å². The Balaban J connectivity index is 2.84. The molecule has 2 nitrogen and oxygen atoms in total. The number of methoxy groups -OCH3 is 1. The fraction of sp³-hybridized carbons (Fsp3) is 0.667. The van der Waals surface area contributed by atoms with Gasteiger partial charge < -0.3 is 10.1 Å². The average Bonchev–Trinajstić information content (AvgIpc) is 2.40. The van der Waals surface area contributed by atoms with Gasteiger partial charge in [-0.2, -0.15) is 0 Å². The van der Waals surface area contributed by atoms with Crippen molar-refractivity contribution in [1.82, 2.24) is 5.32 Å². The average molecular weight is 295 g/mol. The molecule has 0 aliphatic rings. The van der Waals surface area contributed by atoms with Gasteiger partial charge in [0.1, 0.15) is 0 Å². The lowest BCUT2D eigenvalue weighted by molar-refractivity contribution is 0.222. The molecule has 120 valence electrons. The molecule has 0 saturated heterocycles. The summed E-state index contributed by atoms with van der Waals surface area (Å²) in [6, 6.07) is 5.65. The maximum absolute atomic E-state index is 14.3. The molecule has 1 aromatic rings. The molecule has 0 radical (unpaired) electrons. The normalized spacial score (nSPS) is 14.8. The predicted octanol–water partition coefficient (Wildman–Crippen LogP) is 4.43. The van der Waals surface area contributed by atoms with Crippen molar-refractivity contribution in [1.29, 1.82) is 0 Å². The zero-order valence-corrected chi connectivity index (χ0v) is 14.3. The maximum atomic E-state index is 14.3. The minimum Gasteiger partial charge on any atom is -0.494 e. The topological polar surface area (TPSA) is 21.3 Å². The minimum absolute atomic E-state index is 0.230. The van der Waals surface area contributed by atoms with Gasteiger partial charge in [-0.1, -0.05) is 46.8 Å². The molecule has 0 amide bonds. The van der Waals surface area contributed by atoms with Crippen molar-refractivity contribution >= 4 is 0 Å². The van der Waals surface area contributed by atoms with Gasteiger partial charge in [0.15, 0.2) is 11.6 Å². The van der Waals surface area contributed by atoms with E-state index in [2.05, 4.69) is 39.9 Å². The van der Waals surface area contributed by atoms with E-state index in [-0.39, 0.29) is 17.3 Å². The van der Waals surface area contributed by atoms with E-state index in [0.29, 0.717) is 18.1 Å². The number of hydrogen-bond donors (Lipinski definition) is 1. The number of ether oxygens (including phenoxy) is 1. The molecular weight excluding hydrogens is 265 g/mol. The van der Waals surface area contributed by atoms with Gasteiger partial charge in [-0.3, -0.25) is 0 Å². The summed E-state index contributed by atoms with van der Waals surface area (Å²) in [5, 5.41) is 3.49. The first-order valence-electron chi connectivity index (χ1n) is 7.84. The van der Waals surface area contributed by atoms with E-state index < -0.39 is 0 Å². The van der Waals surface area contributed by atoms with Crippen molar-refractivity contribution in [2.24, 2.45) is 11.3 Å². The molecule has 0 bridgehead atoms. The summed E-state index contributed by atoms with van der Waals surface area (Å²) in [4.78, 5) is 0. The van der Waals surface area contributed by atoms with Gasteiger partial charge in [-0.25, -0.2) is 4.39 Å². The van der Waals surface area contributed by atoms with Gasteiger partial charge in [0.2, 0.25) is 0 Å². The Hall–Kier alpha value is -1.09. The van der Waals surface area contributed by atoms with Crippen LogP contribution in [-0.4, -0.2) is 19.7 Å². The summed E-state index contributed by atoms with van der Waals surface area (Å²) in [5.41, 5.74) is 0.988. The first-order valence-corrected chi connectivity index (χ1v) is 7.84. The molecule has 0 saturated carbocycles. The number of benzene rings is 1. The third-order valence-electron chi connectivity index (χ3n) is 4.34. The van der Waals surface area contributed by atoms with Gasteiger partial charge in [0.25, 0.3) is 0 Å². The molecule has 0 aromatic heterocycles. The van der Waals surface area contributed by atoms with Crippen LogP contribution in [0.1, 0.15) is 46.6 Å². The third kappa shape index (κ3) is 5.31. The summed E-state index contributed by atoms with van der Waals surface area (Å²) in [6.07, 6.45) is 1.73. The molecule has 0 aliphatic heterocycles. The largest absolute Gasteiger partial charge is 0.494 e. The van der Waals surface area contributed by atoms with Crippen LogP contribution in [0, 0.1) is 17.2 Å². The fourth-order valence-electron chi connectivity index (χ4n) is 2.44. The van der Waals surface area contributed by atoms with Crippen LogP contribution in [0.4, 0.5) is 4.39 Å². The molecule has 0 heterocycles. The smallest absolute Gasteiger partial charge is 0.168 e. The van der Waals surface area contributed by atoms with E-state index >= 15 is 0 Å². The Labute approximate surface area is 129 Å². The Kier molecular flexibility index (Phi) is 6.66. The number of likely N-dealkylation sites (N-methyl/N-ethyl adjacent to an activating group) is 1. The molecule has 1 N–H and O–H groups in total. The standard InChI is InChI=1S/C18H30FNO/c1-7-20-15(11-13(2)18(3,4)5)12-14-9-8-10-16(21-6)17(14)19/h8-10,13,15,20H,7,11-12H2,1-6H3. The Morgan fingerprint density at radius 1 is 1.29 bits per heavy atom. The molecule has 2 atom stereocenters. The van der Waals surface area contributed by atoms with Crippen LogP contribution in [0.3, 0.4) is 0 Å². The maximum Gasteiger partial charge on any atom is 0.168 e. The van der Waals surface area contributed by atoms with E-state index in [1.54, 1.807) is 6.07 Å². The zero-order chi connectivity index (χ0) is 16.0. The second-order valence-electron chi connectivity index (χ2n) is 6.89. The molecule has 3 heteroatoms. The number of halogens is 1. The van der Waals surface area contributed by atoms with E-state index in [4.69, 9.17) is 4.74 Å². The van der Waals surface area contributed by atoms with Crippen LogP contribution in [0.15, 0.2) is 18.2 Å². The van der Waals surface area contributed by atoms with Crippen molar-refractivity contribution in [3.63, 3.8) is 0 Å². The van der Waals surface area contributed by atoms with Gasteiger partial charge in [-0.05, 0) is 42.3 Å². The lowest BCUT2D eigenvalue weighted by Crippen LogP contribution is -2.35. The molecule has 0 fully saturated rings. The van der Waals surface area contributed by atoms with Crippen LogP contribution < -0.4 is 10.1 Å². The monoisotopic (exact) mass is 295 g/mol. The number of hydrogen-bond acceptors (Lipinski definition) is 2. The van der Waals surface area contributed by atoms with Crippen LogP contribution in [-0.2, 0) is 6.42 Å². The summed E-state index contributed by atoms with van der Waals surface area (Å²) < 4.78 is 19.4. The summed E-state index contributed by atoms with van der Waals surface area (Å²) in [5.74, 6) is 0.660. The number of rotatable bonds is 7. The van der Waals surface area contributed by atoms with Crippen molar-refractivity contribution in [2.75, 3.05) is 13.7 Å². The molecule has 1 aromatic carbocycles. The van der Waals surface area contributed by atoms with Gasteiger partial charge in [-0.15, -0.1) is 0 Å². The Morgan fingerprint density at radius 3 is 2.48 bits per heavy atom. The van der Waals surface area contributed by atoms with Crippen LogP contribution in [0.5, 0.6) is 5.75 Å². The lowest BCUT2D eigenvalue weighted by atomic mass is 9.77. The lowest BCUT2D eigenvalue weighted by Gasteiger charge is -2.31. The van der Waals surface area contributed by atoms with Gasteiger partial charge >= 0.3 is 0 Å². The van der Waals surface area contributed by atoms with Crippen LogP contribution in [0.2, 0.25) is 0 Å². The SMILES string of the molecule is CCNC(Cc1cccc(OC)c1F)CC(C)C(C)(C)C. The third-order valence-corrected chi connectivity index (χ3v) is 4.34. The summed E-state index contributed by atoms with van der Waals surface area (Å²) in [6.45, 7) is 12.0. The summed E-state index contributed by atoms with van der Waals surface area (Å²) >= 11 is 0. The molecule has 0 aliphatic carbocycles. The van der Waals surface area contributed by atoms with Crippen molar-refractivity contribution in [3.05, 3.63) is 29.6 Å². The quantitative estimate of drug-likeness (QED) is 0.803.